The maximum absolute atomic E-state index is 13.8. The summed E-state index contributed by atoms with van der Waals surface area (Å²) in [6, 6.07) is 27.8. The van der Waals surface area contributed by atoms with E-state index in [2.05, 4.69) is 5.32 Å². The molecule has 1 atom stereocenters. The average molecular weight is 541 g/mol. The Morgan fingerprint density at radius 2 is 1.35 bits per heavy atom. The van der Waals surface area contributed by atoms with E-state index < -0.39 is 29.6 Å². The van der Waals surface area contributed by atoms with Gasteiger partial charge in [0.05, 0.1) is 19.1 Å². The first-order valence-electron chi connectivity index (χ1n) is 12.8. The van der Waals surface area contributed by atoms with Crippen molar-refractivity contribution in [1.29, 1.82) is 0 Å². The number of carboxylic acid groups (broad SMARTS) is 1. The molecule has 0 bridgehead atoms. The summed E-state index contributed by atoms with van der Waals surface area (Å²) >= 11 is 0. The number of nitrogens with one attached hydrogen (secondary N) is 1. The number of hydrogen-bond acceptors (Lipinski definition) is 4. The van der Waals surface area contributed by atoms with Gasteiger partial charge in [0.15, 0.2) is 0 Å². The second-order valence-electron chi connectivity index (χ2n) is 9.21. The Morgan fingerprint density at radius 3 is 1.98 bits per heavy atom. The summed E-state index contributed by atoms with van der Waals surface area (Å²) in [5.41, 5.74) is 3.01. The Labute approximate surface area is 231 Å². The van der Waals surface area contributed by atoms with Crippen molar-refractivity contribution in [3.8, 4) is 11.1 Å². The highest BCUT2D eigenvalue weighted by molar-refractivity contribution is 6.06. The van der Waals surface area contributed by atoms with Crippen molar-refractivity contribution < 1.29 is 29.0 Å². The van der Waals surface area contributed by atoms with Gasteiger partial charge in [0, 0.05) is 24.2 Å². The summed E-state index contributed by atoms with van der Waals surface area (Å²) in [7, 11) is 0. The van der Waals surface area contributed by atoms with Gasteiger partial charge >= 0.3 is 5.97 Å². The van der Waals surface area contributed by atoms with Gasteiger partial charge in [-0.25, -0.2) is 4.39 Å². The summed E-state index contributed by atoms with van der Waals surface area (Å²) in [5, 5.41) is 22.1. The molecule has 0 aliphatic rings. The van der Waals surface area contributed by atoms with Crippen LogP contribution in [0.3, 0.4) is 0 Å². The van der Waals surface area contributed by atoms with Crippen LogP contribution < -0.4 is 5.32 Å². The highest BCUT2D eigenvalue weighted by Crippen LogP contribution is 2.29. The van der Waals surface area contributed by atoms with Gasteiger partial charge in [-0.1, -0.05) is 78.9 Å². The van der Waals surface area contributed by atoms with Crippen LogP contribution in [0.15, 0.2) is 103 Å². The minimum Gasteiger partial charge on any atom is -0.481 e. The molecule has 4 rings (SSSR count). The molecule has 7 nitrogen and oxygen atoms in total. The Balaban J connectivity index is 1.67. The predicted molar refractivity (Wildman–Crippen MR) is 149 cm³/mol. The van der Waals surface area contributed by atoms with Gasteiger partial charge in [-0.3, -0.25) is 14.4 Å². The summed E-state index contributed by atoms with van der Waals surface area (Å²) in [6.07, 6.45) is -0.268. The molecule has 4 aromatic rings. The SMILES string of the molecule is O=C(O)CCN(Cc1ccc(F)cc1)C(=O)c1ccccc1-c1ccccc1C(=O)NC(CO)c1ccccc1. The van der Waals surface area contributed by atoms with Crippen LogP contribution in [-0.4, -0.2) is 46.0 Å². The molecule has 4 aromatic carbocycles. The van der Waals surface area contributed by atoms with E-state index in [4.69, 9.17) is 0 Å². The lowest BCUT2D eigenvalue weighted by atomic mass is 9.94. The number of halogens is 1. The minimum atomic E-state index is -1.05. The maximum Gasteiger partial charge on any atom is 0.305 e. The van der Waals surface area contributed by atoms with Gasteiger partial charge in [-0.05, 0) is 46.5 Å². The monoisotopic (exact) mass is 540 g/mol. The number of rotatable bonds is 11. The zero-order valence-corrected chi connectivity index (χ0v) is 21.7. The number of amides is 2. The quantitative estimate of drug-likeness (QED) is 0.246. The van der Waals surface area contributed by atoms with E-state index in [0.717, 1.165) is 5.56 Å². The van der Waals surface area contributed by atoms with Gasteiger partial charge < -0.3 is 20.4 Å². The van der Waals surface area contributed by atoms with E-state index in [9.17, 15) is 29.0 Å². The molecule has 40 heavy (non-hydrogen) atoms. The number of aliphatic hydroxyl groups is 1. The highest BCUT2D eigenvalue weighted by Gasteiger charge is 2.24. The second kappa shape index (κ2) is 13.3. The molecule has 2 amide bonds. The van der Waals surface area contributed by atoms with Crippen LogP contribution in [0.5, 0.6) is 0 Å². The predicted octanol–water partition coefficient (Wildman–Crippen LogP) is 5.07. The van der Waals surface area contributed by atoms with E-state index >= 15 is 0 Å². The normalized spacial score (nSPS) is 11.4. The molecule has 0 aliphatic carbocycles. The lowest BCUT2D eigenvalue weighted by Crippen LogP contribution is -2.33. The third-order valence-electron chi connectivity index (χ3n) is 6.48. The Morgan fingerprint density at radius 1 is 0.775 bits per heavy atom. The van der Waals surface area contributed by atoms with Gasteiger partial charge in [-0.15, -0.1) is 0 Å². The molecule has 0 saturated carbocycles. The minimum absolute atomic E-state index is 0.0583. The molecule has 0 fully saturated rings. The molecule has 0 heterocycles. The highest BCUT2D eigenvalue weighted by atomic mass is 19.1. The van der Waals surface area contributed by atoms with E-state index in [0.29, 0.717) is 22.3 Å². The zero-order chi connectivity index (χ0) is 28.5. The largest absolute Gasteiger partial charge is 0.481 e. The lowest BCUT2D eigenvalue weighted by molar-refractivity contribution is -0.137. The third kappa shape index (κ3) is 6.98. The molecule has 8 heteroatoms. The van der Waals surface area contributed by atoms with Gasteiger partial charge in [0.25, 0.3) is 11.8 Å². The van der Waals surface area contributed by atoms with E-state index in [1.165, 1.54) is 17.0 Å². The van der Waals surface area contributed by atoms with E-state index in [1.807, 2.05) is 30.3 Å². The van der Waals surface area contributed by atoms with Crippen LogP contribution in [0.4, 0.5) is 4.39 Å². The van der Waals surface area contributed by atoms with Crippen LogP contribution in [0.1, 0.15) is 44.3 Å². The number of aliphatic carboxylic acids is 1. The van der Waals surface area contributed by atoms with Crippen LogP contribution >= 0.6 is 0 Å². The number of hydrogen-bond donors (Lipinski definition) is 3. The van der Waals surface area contributed by atoms with Crippen molar-refractivity contribution in [3.63, 3.8) is 0 Å². The van der Waals surface area contributed by atoms with Crippen molar-refractivity contribution in [2.24, 2.45) is 0 Å². The number of carbonyl (C=O) groups is 3. The summed E-state index contributed by atoms with van der Waals surface area (Å²) in [5.74, 6) is -2.31. The number of carboxylic acids is 1. The first-order valence-corrected chi connectivity index (χ1v) is 12.8. The van der Waals surface area contributed by atoms with Crippen LogP contribution in [0.2, 0.25) is 0 Å². The molecule has 0 spiro atoms. The smallest absolute Gasteiger partial charge is 0.305 e. The fraction of sp³-hybridized carbons (Fsp3) is 0.156. The summed E-state index contributed by atoms with van der Waals surface area (Å²) < 4.78 is 13.4. The van der Waals surface area contributed by atoms with Crippen LogP contribution in [0.25, 0.3) is 11.1 Å². The summed E-state index contributed by atoms with van der Waals surface area (Å²) in [4.78, 5) is 40.0. The second-order valence-corrected chi connectivity index (χ2v) is 9.21. The number of nitrogens with zero attached hydrogens (tertiary/aromatic N) is 1. The van der Waals surface area contributed by atoms with Crippen LogP contribution in [0, 0.1) is 5.82 Å². The van der Waals surface area contributed by atoms with Crippen LogP contribution in [-0.2, 0) is 11.3 Å². The van der Waals surface area contributed by atoms with E-state index in [1.54, 1.807) is 60.7 Å². The standard InChI is InChI=1S/C32H29FN2O5/c33-24-16-14-22(15-17-24)20-35(19-18-30(37)38)32(40)28-13-7-5-11-26(28)25-10-4-6-12-27(25)31(39)34-29(21-36)23-8-2-1-3-9-23/h1-17,29,36H,18-21H2,(H,34,39)(H,37,38). The molecule has 0 aromatic heterocycles. The van der Waals surface area contributed by atoms with Crippen molar-refractivity contribution in [3.05, 3.63) is 131 Å². The van der Waals surface area contributed by atoms with Gasteiger partial charge in [0.1, 0.15) is 5.82 Å². The van der Waals surface area contributed by atoms with Gasteiger partial charge in [-0.2, -0.15) is 0 Å². The first-order chi connectivity index (χ1) is 19.4. The molecule has 0 saturated heterocycles. The Hall–Kier alpha value is -4.82. The first kappa shape index (κ1) is 28.2. The molecular weight excluding hydrogens is 511 g/mol. The Kier molecular flexibility index (Phi) is 9.38. The van der Waals surface area contributed by atoms with Crippen molar-refractivity contribution in [2.75, 3.05) is 13.2 Å². The molecule has 1 unspecified atom stereocenters. The topological polar surface area (TPSA) is 107 Å². The van der Waals surface area contributed by atoms with Crippen molar-refractivity contribution in [2.45, 2.75) is 19.0 Å². The molecule has 0 radical (unpaired) electrons. The summed E-state index contributed by atoms with van der Waals surface area (Å²) in [6.45, 7) is -0.274. The number of aliphatic hydroxyl groups excluding tert-OH is 1. The fourth-order valence-electron chi connectivity index (χ4n) is 4.44. The number of carbonyl (C=O) groups excluding carboxylic acids is 2. The van der Waals surface area contributed by atoms with Gasteiger partial charge in [0.2, 0.25) is 0 Å². The van der Waals surface area contributed by atoms with E-state index in [-0.39, 0.29) is 31.7 Å². The zero-order valence-electron chi connectivity index (χ0n) is 21.7. The maximum atomic E-state index is 13.8. The lowest BCUT2D eigenvalue weighted by Gasteiger charge is -2.24. The molecule has 0 aliphatic heterocycles. The number of benzene rings is 4. The third-order valence-corrected chi connectivity index (χ3v) is 6.48. The molecule has 3 N–H and O–H groups in total. The molecular formula is C32H29FN2O5. The van der Waals surface area contributed by atoms with Crippen molar-refractivity contribution >= 4 is 17.8 Å². The fourth-order valence-corrected chi connectivity index (χ4v) is 4.44. The molecule has 204 valence electrons. The average Bonchev–Trinajstić information content (AvgIpc) is 2.99. The van der Waals surface area contributed by atoms with Crippen molar-refractivity contribution in [1.82, 2.24) is 10.2 Å². The Bertz CT molecular complexity index is 1470.